The van der Waals surface area contributed by atoms with E-state index in [2.05, 4.69) is 0 Å². The molecular weight excluding hydrogens is 336 g/mol. The largest absolute Gasteiger partial charge is 0.493 e. The summed E-state index contributed by atoms with van der Waals surface area (Å²) in [5.74, 6) is -0.713. The maximum absolute atomic E-state index is 12.8. The molecule has 6 nitrogen and oxygen atoms in total. The van der Waals surface area contributed by atoms with Gasteiger partial charge in [0.2, 0.25) is 0 Å². The third-order valence-electron chi connectivity index (χ3n) is 3.57. The molecule has 0 saturated heterocycles. The lowest BCUT2D eigenvalue weighted by Gasteiger charge is -2.10. The molecule has 0 amide bonds. The summed E-state index contributed by atoms with van der Waals surface area (Å²) in [5.41, 5.74) is 0.933. The third kappa shape index (κ3) is 4.47. The van der Waals surface area contributed by atoms with Crippen molar-refractivity contribution in [2.45, 2.75) is 20.3 Å². The van der Waals surface area contributed by atoms with Crippen LogP contribution in [0.1, 0.15) is 46.5 Å². The Kier molecular flexibility index (Phi) is 6.49. The Labute approximate surface area is 151 Å². The zero-order valence-electron chi connectivity index (χ0n) is 14.9. The molecule has 0 aromatic heterocycles. The highest BCUT2D eigenvalue weighted by Crippen LogP contribution is 2.29. The molecule has 0 heterocycles. The summed E-state index contributed by atoms with van der Waals surface area (Å²) in [7, 11) is 1.45. The summed E-state index contributed by atoms with van der Waals surface area (Å²) < 4.78 is 15.3. The smallest absolute Gasteiger partial charge is 0.338 e. The van der Waals surface area contributed by atoms with Crippen LogP contribution < -0.4 is 9.47 Å². The van der Waals surface area contributed by atoms with Crippen LogP contribution in [0.25, 0.3) is 0 Å². The predicted octanol–water partition coefficient (Wildman–Crippen LogP) is 3.42. The molecule has 0 atom stereocenters. The van der Waals surface area contributed by atoms with Gasteiger partial charge in [0.25, 0.3) is 0 Å². The first kappa shape index (κ1) is 19.2. The van der Waals surface area contributed by atoms with Crippen molar-refractivity contribution in [3.8, 4) is 11.5 Å². The van der Waals surface area contributed by atoms with Crippen LogP contribution in [0.2, 0.25) is 0 Å². The van der Waals surface area contributed by atoms with Crippen LogP contribution in [0.4, 0.5) is 0 Å². The van der Waals surface area contributed by atoms with E-state index in [0.717, 1.165) is 0 Å². The fourth-order valence-electron chi connectivity index (χ4n) is 2.26. The van der Waals surface area contributed by atoms with Crippen molar-refractivity contribution in [3.63, 3.8) is 0 Å². The fraction of sp³-hybridized carbons (Fsp3) is 0.250. The van der Waals surface area contributed by atoms with Gasteiger partial charge >= 0.3 is 11.9 Å². The van der Waals surface area contributed by atoms with Crippen LogP contribution in [0.3, 0.4) is 0 Å². The first-order chi connectivity index (χ1) is 12.5. The van der Waals surface area contributed by atoms with Crippen LogP contribution >= 0.6 is 0 Å². The zero-order valence-corrected chi connectivity index (χ0v) is 14.9. The average Bonchev–Trinajstić information content (AvgIpc) is 2.67. The molecule has 6 heteroatoms. The lowest BCUT2D eigenvalue weighted by Crippen LogP contribution is -2.09. The Hall–Kier alpha value is -3.15. The van der Waals surface area contributed by atoms with Gasteiger partial charge in [0.1, 0.15) is 0 Å². The molecule has 0 unspecified atom stereocenters. The van der Waals surface area contributed by atoms with Crippen LogP contribution in [0, 0.1) is 0 Å². The van der Waals surface area contributed by atoms with E-state index in [1.807, 2.05) is 0 Å². The Morgan fingerprint density at radius 3 is 2.23 bits per heavy atom. The van der Waals surface area contributed by atoms with Gasteiger partial charge in [0, 0.05) is 17.5 Å². The first-order valence-corrected chi connectivity index (χ1v) is 8.20. The highest BCUT2D eigenvalue weighted by atomic mass is 16.6. The van der Waals surface area contributed by atoms with Gasteiger partial charge in [0.05, 0.1) is 19.3 Å². The second-order valence-corrected chi connectivity index (χ2v) is 5.32. The second-order valence-electron chi connectivity index (χ2n) is 5.32. The summed E-state index contributed by atoms with van der Waals surface area (Å²) in [4.78, 5) is 36.2. The van der Waals surface area contributed by atoms with Crippen molar-refractivity contribution < 1.29 is 28.6 Å². The van der Waals surface area contributed by atoms with Gasteiger partial charge < -0.3 is 14.2 Å². The Bertz CT molecular complexity index is 825. The van der Waals surface area contributed by atoms with Crippen molar-refractivity contribution in [2.24, 2.45) is 0 Å². The molecular formula is C20H20O6. The number of esters is 2. The minimum Gasteiger partial charge on any atom is -0.493 e. The van der Waals surface area contributed by atoms with E-state index < -0.39 is 11.9 Å². The predicted molar refractivity (Wildman–Crippen MR) is 94.8 cm³/mol. The summed E-state index contributed by atoms with van der Waals surface area (Å²) in [6, 6.07) is 10.8. The van der Waals surface area contributed by atoms with Crippen molar-refractivity contribution in [1.82, 2.24) is 0 Å². The highest BCUT2D eigenvalue weighted by molar-refractivity contribution is 6.10. The lowest BCUT2D eigenvalue weighted by molar-refractivity contribution is -0.134. The molecule has 0 bridgehead atoms. The molecule has 136 valence electrons. The zero-order chi connectivity index (χ0) is 19.1. The molecule has 2 rings (SSSR count). The number of carbonyl (C=O) groups excluding carboxylic acids is 3. The van der Waals surface area contributed by atoms with E-state index in [1.165, 1.54) is 19.2 Å². The number of rotatable bonds is 7. The normalized spacial score (nSPS) is 10.1. The number of methoxy groups -OCH3 is 1. The van der Waals surface area contributed by atoms with Crippen molar-refractivity contribution in [1.29, 1.82) is 0 Å². The summed E-state index contributed by atoms with van der Waals surface area (Å²) in [6.07, 6.45) is 0.197. The Balaban J connectivity index is 2.34. The standard InChI is InChI=1S/C20H20O6/c1-4-18(21)26-17-12-14(9-10-16(17)24-3)19(22)13-7-6-8-15(11-13)20(23)25-5-2/h6-12H,4-5H2,1-3H3. The molecule has 2 aromatic carbocycles. The van der Waals surface area contributed by atoms with E-state index in [-0.39, 0.29) is 24.6 Å². The van der Waals surface area contributed by atoms with Crippen LogP contribution in [0.5, 0.6) is 11.5 Å². The molecule has 0 aliphatic carbocycles. The molecule has 0 N–H and O–H groups in total. The number of hydrogen-bond acceptors (Lipinski definition) is 6. The van der Waals surface area contributed by atoms with Crippen LogP contribution in [-0.4, -0.2) is 31.4 Å². The average molecular weight is 356 g/mol. The number of ether oxygens (including phenoxy) is 3. The van der Waals surface area contributed by atoms with Crippen molar-refractivity contribution in [2.75, 3.05) is 13.7 Å². The van der Waals surface area contributed by atoms with Gasteiger partial charge in [-0.15, -0.1) is 0 Å². The van der Waals surface area contributed by atoms with E-state index in [4.69, 9.17) is 14.2 Å². The maximum atomic E-state index is 12.8. The topological polar surface area (TPSA) is 78.9 Å². The van der Waals surface area contributed by atoms with Crippen molar-refractivity contribution in [3.05, 3.63) is 59.2 Å². The summed E-state index contributed by atoms with van der Waals surface area (Å²) >= 11 is 0. The quantitative estimate of drug-likeness (QED) is 0.430. The van der Waals surface area contributed by atoms with Crippen LogP contribution in [-0.2, 0) is 9.53 Å². The van der Waals surface area contributed by atoms with Gasteiger partial charge in [-0.05, 0) is 37.3 Å². The molecule has 26 heavy (non-hydrogen) atoms. The Morgan fingerprint density at radius 2 is 1.58 bits per heavy atom. The monoisotopic (exact) mass is 356 g/mol. The van der Waals surface area contributed by atoms with Gasteiger partial charge in [-0.1, -0.05) is 19.1 Å². The fourth-order valence-corrected chi connectivity index (χ4v) is 2.26. The summed E-state index contributed by atoms with van der Waals surface area (Å²) in [5, 5.41) is 0. The van der Waals surface area contributed by atoms with E-state index in [9.17, 15) is 14.4 Å². The minimum atomic E-state index is -0.491. The van der Waals surface area contributed by atoms with E-state index in [1.54, 1.807) is 44.2 Å². The van der Waals surface area contributed by atoms with E-state index in [0.29, 0.717) is 22.4 Å². The number of carbonyl (C=O) groups is 3. The number of benzene rings is 2. The van der Waals surface area contributed by atoms with Gasteiger partial charge in [-0.25, -0.2) is 4.79 Å². The molecule has 0 saturated carbocycles. The lowest BCUT2D eigenvalue weighted by atomic mass is 10.0. The van der Waals surface area contributed by atoms with Crippen molar-refractivity contribution >= 4 is 17.7 Å². The Morgan fingerprint density at radius 1 is 0.885 bits per heavy atom. The molecule has 2 aromatic rings. The van der Waals surface area contributed by atoms with Gasteiger partial charge in [-0.3, -0.25) is 9.59 Å². The molecule has 0 fully saturated rings. The first-order valence-electron chi connectivity index (χ1n) is 8.20. The minimum absolute atomic E-state index is 0.173. The van der Waals surface area contributed by atoms with Gasteiger partial charge in [0.15, 0.2) is 17.3 Å². The summed E-state index contributed by atoms with van der Waals surface area (Å²) in [6.45, 7) is 3.63. The van der Waals surface area contributed by atoms with E-state index >= 15 is 0 Å². The molecule has 0 aliphatic heterocycles. The molecule has 0 radical (unpaired) electrons. The highest BCUT2D eigenvalue weighted by Gasteiger charge is 2.16. The second kappa shape index (κ2) is 8.80. The van der Waals surface area contributed by atoms with Crippen LogP contribution in [0.15, 0.2) is 42.5 Å². The SMILES string of the molecule is CCOC(=O)c1cccc(C(=O)c2ccc(OC)c(OC(=O)CC)c2)c1. The number of ketones is 1. The number of hydrogen-bond donors (Lipinski definition) is 0. The van der Waals surface area contributed by atoms with Gasteiger partial charge in [-0.2, -0.15) is 0 Å². The maximum Gasteiger partial charge on any atom is 0.338 e. The molecule has 0 aliphatic rings. The third-order valence-corrected chi connectivity index (χ3v) is 3.57. The molecule has 0 spiro atoms.